The molecule has 0 aromatic rings. The summed E-state index contributed by atoms with van der Waals surface area (Å²) >= 11 is 0. The van der Waals surface area contributed by atoms with Gasteiger partial charge in [-0.2, -0.15) is 0 Å². The third-order valence-corrected chi connectivity index (χ3v) is 2.65. The summed E-state index contributed by atoms with van der Waals surface area (Å²) in [5.41, 5.74) is -0.581. The molecular formula is C13H25NO5. The number of alkyl carbamates (subject to hydrolysis) is 1. The normalized spacial score (nSPS) is 27.9. The van der Waals surface area contributed by atoms with Gasteiger partial charge < -0.3 is 24.6 Å². The lowest BCUT2D eigenvalue weighted by Gasteiger charge is -2.27. The fourth-order valence-corrected chi connectivity index (χ4v) is 2.07. The van der Waals surface area contributed by atoms with Gasteiger partial charge in [0.2, 0.25) is 0 Å². The molecule has 1 rings (SSSR count). The fraction of sp³-hybridized carbons (Fsp3) is 0.923. The van der Waals surface area contributed by atoms with Gasteiger partial charge >= 0.3 is 6.09 Å². The first-order chi connectivity index (χ1) is 8.54. The molecule has 0 spiro atoms. The first kappa shape index (κ1) is 16.2. The van der Waals surface area contributed by atoms with Gasteiger partial charge in [-0.15, -0.1) is 0 Å². The second-order valence-corrected chi connectivity index (χ2v) is 6.24. The summed E-state index contributed by atoms with van der Waals surface area (Å²) in [4.78, 5) is 11.7. The van der Waals surface area contributed by atoms with Crippen molar-refractivity contribution >= 4 is 6.09 Å². The topological polar surface area (TPSA) is 77.0 Å². The minimum absolute atomic E-state index is 0.220. The van der Waals surface area contributed by atoms with Gasteiger partial charge in [-0.05, 0) is 41.5 Å². The highest BCUT2D eigenvalue weighted by molar-refractivity contribution is 5.68. The van der Waals surface area contributed by atoms with Gasteiger partial charge in [-0.25, -0.2) is 4.79 Å². The van der Waals surface area contributed by atoms with Crippen LogP contribution < -0.4 is 5.32 Å². The maximum absolute atomic E-state index is 11.7. The van der Waals surface area contributed by atoms with Crippen molar-refractivity contribution in [3.63, 3.8) is 0 Å². The molecule has 0 bridgehead atoms. The van der Waals surface area contributed by atoms with Crippen LogP contribution in [0.3, 0.4) is 0 Å². The van der Waals surface area contributed by atoms with Crippen LogP contribution in [0, 0.1) is 0 Å². The Hall–Kier alpha value is -0.850. The molecular weight excluding hydrogens is 250 g/mol. The highest BCUT2D eigenvalue weighted by atomic mass is 16.8. The van der Waals surface area contributed by atoms with Crippen molar-refractivity contribution in [1.29, 1.82) is 0 Å². The average Bonchev–Trinajstić information content (AvgIpc) is 2.46. The predicted octanol–water partition coefficient (Wildman–Crippen LogP) is 1.41. The summed E-state index contributed by atoms with van der Waals surface area (Å²) < 4.78 is 16.5. The van der Waals surface area contributed by atoms with Gasteiger partial charge in [-0.1, -0.05) is 0 Å². The molecule has 2 N–H and O–H groups in total. The van der Waals surface area contributed by atoms with Gasteiger partial charge in [-0.3, -0.25) is 0 Å². The van der Waals surface area contributed by atoms with Gasteiger partial charge in [0, 0.05) is 0 Å². The summed E-state index contributed by atoms with van der Waals surface area (Å²) in [6.07, 6.45) is -1.21. The summed E-state index contributed by atoms with van der Waals surface area (Å²) in [6.45, 7) is 10.5. The lowest BCUT2D eigenvalue weighted by molar-refractivity contribution is -0.148. The zero-order chi connectivity index (χ0) is 14.8. The van der Waals surface area contributed by atoms with E-state index in [2.05, 4.69) is 5.32 Å². The minimum atomic E-state index is -0.715. The molecule has 6 nitrogen and oxygen atoms in total. The quantitative estimate of drug-likeness (QED) is 0.814. The Balaban J connectivity index is 2.62. The van der Waals surface area contributed by atoms with E-state index in [-0.39, 0.29) is 12.7 Å². The third kappa shape index (κ3) is 4.97. The van der Waals surface area contributed by atoms with Crippen LogP contribution in [0.15, 0.2) is 0 Å². The van der Waals surface area contributed by atoms with E-state index in [0.29, 0.717) is 0 Å². The largest absolute Gasteiger partial charge is 0.444 e. The Morgan fingerprint density at radius 1 is 1.42 bits per heavy atom. The van der Waals surface area contributed by atoms with E-state index in [4.69, 9.17) is 14.2 Å². The number of carbonyl (C=O) groups excluding carboxylic acids is 1. The lowest BCUT2D eigenvalue weighted by atomic mass is 10.1. The number of rotatable bonds is 3. The van der Waals surface area contributed by atoms with Crippen molar-refractivity contribution in [3.05, 3.63) is 0 Å². The number of nitrogens with one attached hydrogen (secondary N) is 1. The maximum Gasteiger partial charge on any atom is 0.408 e. The van der Waals surface area contributed by atoms with Crippen LogP contribution in [0.1, 0.15) is 41.5 Å². The monoisotopic (exact) mass is 275 g/mol. The highest BCUT2D eigenvalue weighted by Crippen LogP contribution is 2.29. The Morgan fingerprint density at radius 2 is 2.00 bits per heavy atom. The SMILES string of the molecule is C[C@H]1OC(C)(C)O[C@H]1[C@H](CO)NC(=O)OC(C)(C)C. The zero-order valence-electron chi connectivity index (χ0n) is 12.5. The minimum Gasteiger partial charge on any atom is -0.444 e. The number of amides is 1. The number of aliphatic hydroxyl groups excluding tert-OH is 1. The first-order valence-corrected chi connectivity index (χ1v) is 6.50. The summed E-state index contributed by atoms with van der Waals surface area (Å²) in [6, 6.07) is -0.563. The van der Waals surface area contributed by atoms with Crippen LogP contribution in [0.5, 0.6) is 0 Å². The van der Waals surface area contributed by atoms with E-state index >= 15 is 0 Å². The Kier molecular flexibility index (Phi) is 4.81. The van der Waals surface area contributed by atoms with Gasteiger partial charge in [0.15, 0.2) is 5.79 Å². The lowest BCUT2D eigenvalue weighted by Crippen LogP contribution is -2.50. The van der Waals surface area contributed by atoms with E-state index in [0.717, 1.165) is 0 Å². The number of hydrogen-bond donors (Lipinski definition) is 2. The van der Waals surface area contributed by atoms with Crippen molar-refractivity contribution in [2.45, 2.75) is 71.2 Å². The molecule has 1 amide bonds. The Labute approximate surface area is 114 Å². The van der Waals surface area contributed by atoms with Crippen molar-refractivity contribution in [2.24, 2.45) is 0 Å². The van der Waals surface area contributed by atoms with Crippen LogP contribution in [0.4, 0.5) is 4.79 Å². The van der Waals surface area contributed by atoms with E-state index in [9.17, 15) is 9.90 Å². The smallest absolute Gasteiger partial charge is 0.408 e. The molecule has 1 heterocycles. The number of aliphatic hydroxyl groups is 1. The van der Waals surface area contributed by atoms with Crippen LogP contribution in [0.25, 0.3) is 0 Å². The predicted molar refractivity (Wildman–Crippen MR) is 69.7 cm³/mol. The van der Waals surface area contributed by atoms with Crippen LogP contribution >= 0.6 is 0 Å². The van der Waals surface area contributed by atoms with Crippen molar-refractivity contribution in [3.8, 4) is 0 Å². The summed E-state index contributed by atoms with van der Waals surface area (Å²) in [5.74, 6) is -0.715. The van der Waals surface area contributed by atoms with Crippen molar-refractivity contribution < 1.29 is 24.1 Å². The molecule has 0 aliphatic carbocycles. The maximum atomic E-state index is 11.7. The zero-order valence-corrected chi connectivity index (χ0v) is 12.5. The summed E-state index contributed by atoms with van der Waals surface area (Å²) in [7, 11) is 0. The first-order valence-electron chi connectivity index (χ1n) is 6.50. The molecule has 3 atom stereocenters. The Morgan fingerprint density at radius 3 is 2.37 bits per heavy atom. The molecule has 0 radical (unpaired) electrons. The molecule has 1 aliphatic rings. The second-order valence-electron chi connectivity index (χ2n) is 6.24. The molecule has 0 aromatic heterocycles. The van der Waals surface area contributed by atoms with E-state index < -0.39 is 29.6 Å². The van der Waals surface area contributed by atoms with Crippen LogP contribution in [0.2, 0.25) is 0 Å². The fourth-order valence-electron chi connectivity index (χ4n) is 2.07. The molecule has 0 saturated carbocycles. The van der Waals surface area contributed by atoms with E-state index in [1.807, 2.05) is 6.92 Å². The molecule has 6 heteroatoms. The van der Waals surface area contributed by atoms with E-state index in [1.54, 1.807) is 34.6 Å². The van der Waals surface area contributed by atoms with Gasteiger partial charge in [0.25, 0.3) is 0 Å². The number of ether oxygens (including phenoxy) is 3. The molecule has 0 unspecified atom stereocenters. The molecule has 0 aromatic carbocycles. The van der Waals surface area contributed by atoms with E-state index in [1.165, 1.54) is 0 Å². The highest BCUT2D eigenvalue weighted by Gasteiger charge is 2.43. The van der Waals surface area contributed by atoms with Crippen molar-refractivity contribution in [1.82, 2.24) is 5.32 Å². The van der Waals surface area contributed by atoms with Crippen LogP contribution in [-0.4, -0.2) is 47.4 Å². The van der Waals surface area contributed by atoms with Gasteiger partial charge in [0.05, 0.1) is 18.8 Å². The Bertz CT molecular complexity index is 323. The number of carbonyl (C=O) groups is 1. The molecule has 112 valence electrons. The van der Waals surface area contributed by atoms with Gasteiger partial charge in [0.1, 0.15) is 11.7 Å². The second kappa shape index (κ2) is 5.64. The molecule has 1 saturated heterocycles. The molecule has 1 aliphatic heterocycles. The average molecular weight is 275 g/mol. The summed E-state index contributed by atoms with van der Waals surface area (Å²) in [5, 5.41) is 12.0. The molecule has 1 fully saturated rings. The number of hydrogen-bond acceptors (Lipinski definition) is 5. The standard InChI is InChI=1S/C13H25NO5/c1-8-10(18-13(5,6)17-8)9(7-15)14-11(16)19-12(2,3)4/h8-10,15H,7H2,1-6H3,(H,14,16)/t8-,9+,10-/m1/s1. The molecule has 19 heavy (non-hydrogen) atoms. The third-order valence-electron chi connectivity index (χ3n) is 2.65. The van der Waals surface area contributed by atoms with Crippen molar-refractivity contribution in [2.75, 3.05) is 6.61 Å². The van der Waals surface area contributed by atoms with Crippen LogP contribution in [-0.2, 0) is 14.2 Å².